The quantitative estimate of drug-likeness (QED) is 0.761. The topological polar surface area (TPSA) is 23.6 Å². The van der Waals surface area contributed by atoms with Crippen molar-refractivity contribution in [3.8, 4) is 0 Å². The normalized spacial score (nSPS) is 21.1. The smallest absolute Gasteiger partial charge is 0.150 e. The average Bonchev–Trinajstić information content (AvgIpc) is 3.23. The molecule has 0 unspecified atom stereocenters. The van der Waals surface area contributed by atoms with Gasteiger partial charge in [0.2, 0.25) is 0 Å². The number of hydrogen-bond donors (Lipinski definition) is 0. The van der Waals surface area contributed by atoms with Crippen molar-refractivity contribution < 1.29 is 4.79 Å². The second-order valence-corrected chi connectivity index (χ2v) is 5.42. The Hall–Kier alpha value is -1.35. The van der Waals surface area contributed by atoms with Crippen LogP contribution in [-0.2, 0) is 0 Å². The molecule has 0 aromatic heterocycles. The number of anilines is 1. The molecule has 2 aliphatic rings. The van der Waals surface area contributed by atoms with Crippen molar-refractivity contribution in [2.45, 2.75) is 25.8 Å². The maximum absolute atomic E-state index is 10.8. The van der Waals surface area contributed by atoms with Crippen LogP contribution in [0.5, 0.6) is 0 Å². The minimum absolute atomic E-state index is 0.771. The van der Waals surface area contributed by atoms with Gasteiger partial charge in [-0.25, -0.2) is 0 Å². The van der Waals surface area contributed by atoms with Crippen molar-refractivity contribution in [3.63, 3.8) is 0 Å². The number of carbonyl (C=O) groups excluding carboxylic acids is 1. The predicted molar refractivity (Wildman–Crippen MR) is 73.4 cm³/mol. The second-order valence-electron chi connectivity index (χ2n) is 5.42. The van der Waals surface area contributed by atoms with E-state index in [0.29, 0.717) is 0 Å². The van der Waals surface area contributed by atoms with Crippen LogP contribution in [0.15, 0.2) is 18.2 Å². The highest BCUT2D eigenvalue weighted by Gasteiger charge is 2.31. The van der Waals surface area contributed by atoms with Crippen molar-refractivity contribution in [2.24, 2.45) is 0 Å². The molecule has 1 saturated carbocycles. The fraction of sp³-hybridized carbons (Fsp3) is 0.533. The van der Waals surface area contributed by atoms with E-state index in [9.17, 15) is 4.79 Å². The Kier molecular flexibility index (Phi) is 3.08. The number of aryl methyl sites for hydroxylation is 1. The first-order chi connectivity index (χ1) is 8.78. The van der Waals surface area contributed by atoms with Crippen LogP contribution in [-0.4, -0.2) is 43.4 Å². The van der Waals surface area contributed by atoms with E-state index in [1.165, 1.54) is 37.2 Å². The third kappa shape index (κ3) is 2.27. The summed E-state index contributed by atoms with van der Waals surface area (Å²) in [4.78, 5) is 15.8. The highest BCUT2D eigenvalue weighted by atomic mass is 16.1. The van der Waals surface area contributed by atoms with Gasteiger partial charge in [0.1, 0.15) is 6.29 Å². The van der Waals surface area contributed by atoms with Crippen LogP contribution in [0.3, 0.4) is 0 Å². The third-order valence-corrected chi connectivity index (χ3v) is 4.08. The van der Waals surface area contributed by atoms with E-state index in [4.69, 9.17) is 0 Å². The number of hydrogen-bond acceptors (Lipinski definition) is 3. The van der Waals surface area contributed by atoms with Crippen molar-refractivity contribution in [1.29, 1.82) is 0 Å². The van der Waals surface area contributed by atoms with Crippen molar-refractivity contribution in [2.75, 3.05) is 31.1 Å². The molecule has 3 rings (SSSR count). The Labute approximate surface area is 108 Å². The molecule has 1 aliphatic heterocycles. The molecule has 3 heteroatoms. The molecule has 1 aromatic carbocycles. The molecule has 96 valence electrons. The molecule has 2 fully saturated rings. The first-order valence-corrected chi connectivity index (χ1v) is 6.83. The van der Waals surface area contributed by atoms with Gasteiger partial charge in [-0.2, -0.15) is 0 Å². The molecule has 1 aromatic rings. The van der Waals surface area contributed by atoms with Crippen molar-refractivity contribution in [3.05, 3.63) is 29.3 Å². The summed E-state index contributed by atoms with van der Waals surface area (Å²) >= 11 is 0. The zero-order valence-electron chi connectivity index (χ0n) is 10.9. The van der Waals surface area contributed by atoms with Gasteiger partial charge in [0, 0.05) is 43.5 Å². The molecule has 0 N–H and O–H groups in total. The van der Waals surface area contributed by atoms with E-state index in [0.717, 1.165) is 31.0 Å². The zero-order chi connectivity index (χ0) is 12.5. The van der Waals surface area contributed by atoms with Gasteiger partial charge in [-0.1, -0.05) is 0 Å². The van der Waals surface area contributed by atoms with Gasteiger partial charge >= 0.3 is 0 Å². The van der Waals surface area contributed by atoms with Crippen LogP contribution in [0.2, 0.25) is 0 Å². The Morgan fingerprint density at radius 3 is 2.44 bits per heavy atom. The molecule has 3 nitrogen and oxygen atoms in total. The number of benzene rings is 1. The second kappa shape index (κ2) is 4.73. The minimum atomic E-state index is 0.771. The van der Waals surface area contributed by atoms with E-state index in [1.807, 2.05) is 12.1 Å². The standard InChI is InChI=1S/C15H20N2O/c1-12-10-13(11-18)2-5-15(12)17-8-6-16(7-9-17)14-3-4-14/h2,5,10-11,14H,3-4,6-9H2,1H3. The Balaban J connectivity index is 1.69. The van der Waals surface area contributed by atoms with Gasteiger partial charge in [-0.15, -0.1) is 0 Å². The average molecular weight is 244 g/mol. The highest BCUT2D eigenvalue weighted by molar-refractivity contribution is 5.77. The maximum Gasteiger partial charge on any atom is 0.150 e. The number of rotatable bonds is 3. The summed E-state index contributed by atoms with van der Waals surface area (Å²) in [6.07, 6.45) is 3.71. The fourth-order valence-electron chi connectivity index (χ4n) is 2.87. The number of carbonyl (C=O) groups is 1. The third-order valence-electron chi connectivity index (χ3n) is 4.08. The van der Waals surface area contributed by atoms with Crippen LogP contribution in [0.1, 0.15) is 28.8 Å². The summed E-state index contributed by atoms with van der Waals surface area (Å²) in [6, 6.07) is 6.87. The SMILES string of the molecule is Cc1cc(C=O)ccc1N1CCN(C2CC2)CC1. The lowest BCUT2D eigenvalue weighted by Crippen LogP contribution is -2.47. The first kappa shape index (κ1) is 11.7. The Morgan fingerprint density at radius 1 is 1.17 bits per heavy atom. The summed E-state index contributed by atoms with van der Waals surface area (Å²) in [5.74, 6) is 0. The molecular weight excluding hydrogens is 224 g/mol. The highest BCUT2D eigenvalue weighted by Crippen LogP contribution is 2.29. The lowest BCUT2D eigenvalue weighted by molar-refractivity contribution is 0.112. The van der Waals surface area contributed by atoms with Crippen molar-refractivity contribution >= 4 is 12.0 Å². The van der Waals surface area contributed by atoms with Gasteiger partial charge in [0.05, 0.1) is 0 Å². The van der Waals surface area contributed by atoms with E-state index in [1.54, 1.807) is 0 Å². The van der Waals surface area contributed by atoms with Crippen LogP contribution in [0, 0.1) is 6.92 Å². The summed E-state index contributed by atoms with van der Waals surface area (Å²) in [5.41, 5.74) is 3.27. The van der Waals surface area contributed by atoms with E-state index < -0.39 is 0 Å². The van der Waals surface area contributed by atoms with Gasteiger partial charge in [0.15, 0.2) is 0 Å². The number of aldehydes is 1. The predicted octanol–water partition coefficient (Wildman–Crippen LogP) is 2.09. The molecule has 1 aliphatic carbocycles. The molecular formula is C15H20N2O. The summed E-state index contributed by atoms with van der Waals surface area (Å²) < 4.78 is 0. The lowest BCUT2D eigenvalue weighted by Gasteiger charge is -2.37. The van der Waals surface area contributed by atoms with E-state index >= 15 is 0 Å². The number of nitrogens with zero attached hydrogens (tertiary/aromatic N) is 2. The molecule has 0 amide bonds. The van der Waals surface area contributed by atoms with Gasteiger partial charge < -0.3 is 4.90 Å². The van der Waals surface area contributed by atoms with Crippen LogP contribution >= 0.6 is 0 Å². The van der Waals surface area contributed by atoms with Crippen LogP contribution in [0.4, 0.5) is 5.69 Å². The van der Waals surface area contributed by atoms with Crippen LogP contribution in [0.25, 0.3) is 0 Å². The monoisotopic (exact) mass is 244 g/mol. The number of piperazine rings is 1. The fourth-order valence-corrected chi connectivity index (χ4v) is 2.87. The maximum atomic E-state index is 10.8. The first-order valence-electron chi connectivity index (χ1n) is 6.83. The summed E-state index contributed by atoms with van der Waals surface area (Å²) in [7, 11) is 0. The zero-order valence-corrected chi connectivity index (χ0v) is 10.9. The molecule has 1 saturated heterocycles. The van der Waals surface area contributed by atoms with E-state index in [2.05, 4.69) is 22.8 Å². The Bertz CT molecular complexity index is 446. The lowest BCUT2D eigenvalue weighted by atomic mass is 10.1. The Morgan fingerprint density at radius 2 is 1.89 bits per heavy atom. The van der Waals surface area contributed by atoms with Gasteiger partial charge in [0.25, 0.3) is 0 Å². The molecule has 0 radical (unpaired) electrons. The van der Waals surface area contributed by atoms with Crippen molar-refractivity contribution in [1.82, 2.24) is 4.90 Å². The van der Waals surface area contributed by atoms with Gasteiger partial charge in [-0.3, -0.25) is 9.69 Å². The minimum Gasteiger partial charge on any atom is -0.369 e. The largest absolute Gasteiger partial charge is 0.369 e. The molecule has 1 heterocycles. The van der Waals surface area contributed by atoms with Crippen LogP contribution < -0.4 is 4.90 Å². The summed E-state index contributed by atoms with van der Waals surface area (Å²) in [5, 5.41) is 0. The van der Waals surface area contributed by atoms with Gasteiger partial charge in [-0.05, 0) is 43.5 Å². The summed E-state index contributed by atoms with van der Waals surface area (Å²) in [6.45, 7) is 6.67. The molecule has 0 atom stereocenters. The van der Waals surface area contributed by atoms with E-state index in [-0.39, 0.29) is 0 Å². The molecule has 18 heavy (non-hydrogen) atoms. The molecule has 0 spiro atoms. The molecule has 0 bridgehead atoms.